The minimum Gasteiger partial charge on any atom is -0.399 e. The van der Waals surface area contributed by atoms with Crippen LogP contribution >= 0.6 is 0 Å². The molecule has 13 rings (SSSR count). The number of ether oxygens (including phenoxy) is 8. The molecule has 36 heteroatoms. The van der Waals surface area contributed by atoms with Gasteiger partial charge in [-0.05, 0) is 196 Å². The second kappa shape index (κ2) is 47.2. The van der Waals surface area contributed by atoms with Gasteiger partial charge in [-0.3, -0.25) is 48.5 Å². The van der Waals surface area contributed by atoms with Gasteiger partial charge in [0.2, 0.25) is 53.2 Å². The number of aliphatic hydroxyl groups excluding tert-OH is 7. The van der Waals surface area contributed by atoms with Crippen LogP contribution in [0.15, 0.2) is 84.9 Å². The van der Waals surface area contributed by atoms with E-state index >= 15 is 4.79 Å². The zero-order chi connectivity index (χ0) is 97.2. The fraction of sp³-hybridized carbons (Fsp3) is 0.630. The highest BCUT2D eigenvalue weighted by molar-refractivity contribution is 6.02. The molecule has 9 amide bonds. The Labute approximate surface area is 793 Å². The number of aromatic nitrogens is 3. The molecule has 16 N–H and O–H groups in total. The van der Waals surface area contributed by atoms with E-state index in [1.807, 2.05) is 86.6 Å². The van der Waals surface area contributed by atoms with Crippen molar-refractivity contribution < 1.29 is 117 Å². The maximum absolute atomic E-state index is 15.0. The van der Waals surface area contributed by atoms with Crippen LogP contribution in [0, 0.1) is 40.4 Å². The SMILES string of the molecule is CC(C)[C@H](NC(=O)[C@@H](CCCCNC(=O)COC1CCCCCc2c1nnn2[C@H]1O[C@H](CO)[C@@H](O[C@H]2O[C@H](CO)[C@@H](O)[C@H](O)[C@H]2O)[C@H](O)[C@H]1O)NC(=O)CCOCCOCCOCCOCCNC(=O)CCC(=O)N1Cc2ccccc2C#Cc2ccccc21)C(=O)N[C@@H](C)C(=O)Nc1ccc2c(c1)[C@@]1(C)CCC[C@](C)(C(=O)NC(=O)[C@@]3(C)CCC[C@]4(C)c5cc(N)ccc5CC[C@@H]34)[C@@H]1CC2. The van der Waals surface area contributed by atoms with Crippen LogP contribution in [-0.2, 0) is 118 Å². The summed E-state index contributed by atoms with van der Waals surface area (Å²) in [4.78, 5) is 129. The molecule has 5 aromatic rings. The first-order valence-electron chi connectivity index (χ1n) is 48.4. The third-order valence-corrected chi connectivity index (χ3v) is 29.2. The number of carbonyl (C=O) groups excluding carboxylic acids is 9. The number of aryl methyl sites for hydroxylation is 2. The Bertz CT molecular complexity index is 5060. The van der Waals surface area contributed by atoms with Crippen molar-refractivity contribution in [1.29, 1.82) is 0 Å². The lowest BCUT2D eigenvalue weighted by Gasteiger charge is -2.56. The number of anilines is 3. The standard InChI is InChI=1S/C100H138N12O24/c1-59(2)82(92(126)104-60(3)90(124)105-67-33-29-63-31-35-77-98(5,69(63)54-67)40-18-42-100(77,7)96(128)108-95(127)99(6)41-17-39-97(4)68-53-66(101)32-28-62(68)30-34-76(97)99)107-91(125)70(106-79(116)38-45-129-47-49-131-51-52-132-50-48-130-46-44-103-78(115)36-37-81(118)111-55-65-21-12-11-19-61(65)26-27-64-20-13-14-23-71(64)111)22-15-16-43-102-80(117)58-133-73-25-10-8-9-24-72-83(73)109-110-112(72)93-87(122)86(121)89(75(57-114)134-93)136-94-88(123)85(120)84(119)74(56-113)135-94/h11-14,19-21,23,28-29,32-33,53-54,59-60,70,73-77,82,84-89,93-94,113-114,119-123H,8-10,15-18,22,24-25,30-31,34-52,55-58,101H2,1-7H3,(H,102,117)(H,103,115)(H,104,126)(H,105,124)(H,106,116)(H,107,125)(H,108,127,128)/t60-,70+,73?,74+,75+,76+,77+,82-,84+,85-,86+,87+,88+,89+,93-,94+,97+,98+,99-,100-/m0/s1. The molecule has 4 fully saturated rings. The molecule has 1 unspecified atom stereocenters. The third-order valence-electron chi connectivity index (χ3n) is 29.2. The Hall–Kier alpha value is -9.79. The van der Waals surface area contributed by atoms with Crippen molar-refractivity contribution >= 4 is 70.2 Å². The van der Waals surface area contributed by atoms with E-state index in [1.54, 1.807) is 18.7 Å². The monoisotopic (exact) mass is 1890 g/mol. The molecule has 742 valence electrons. The van der Waals surface area contributed by atoms with Gasteiger partial charge in [-0.15, -0.1) is 5.10 Å². The molecule has 20 atom stereocenters. The van der Waals surface area contributed by atoms with Gasteiger partial charge in [0.1, 0.15) is 85.4 Å². The smallest absolute Gasteiger partial charge is 0.246 e. The molecule has 2 saturated heterocycles. The van der Waals surface area contributed by atoms with Crippen LogP contribution in [0.1, 0.15) is 227 Å². The molecule has 136 heavy (non-hydrogen) atoms. The quantitative estimate of drug-likeness (QED) is 0.0110. The largest absolute Gasteiger partial charge is 0.399 e. The highest BCUT2D eigenvalue weighted by Crippen LogP contribution is 2.60. The number of nitrogen functional groups attached to an aromatic ring is 1. The van der Waals surface area contributed by atoms with Crippen LogP contribution in [0.5, 0.6) is 0 Å². The number of hydrogen-bond acceptors (Lipinski definition) is 27. The molecule has 0 radical (unpaired) electrons. The number of imide groups is 1. The number of rotatable bonds is 41. The Morgan fingerprint density at radius 2 is 1.19 bits per heavy atom. The molecule has 4 aromatic carbocycles. The lowest BCUT2D eigenvalue weighted by atomic mass is 9.49. The van der Waals surface area contributed by atoms with Crippen LogP contribution in [-0.4, -0.2) is 263 Å². The lowest BCUT2D eigenvalue weighted by molar-refractivity contribution is -0.347. The first-order chi connectivity index (χ1) is 65.3. The van der Waals surface area contributed by atoms with E-state index < -0.39 is 157 Å². The number of fused-ring (bicyclic) bond motifs is 9. The topological polar surface area (TPSA) is 513 Å². The Balaban J connectivity index is 0.570. The second-order valence-electron chi connectivity index (χ2n) is 38.8. The number of aliphatic hydroxyl groups is 7. The molecular weight excluding hydrogens is 1750 g/mol. The zero-order valence-corrected chi connectivity index (χ0v) is 79.1. The van der Waals surface area contributed by atoms with E-state index in [2.05, 4.69) is 85.4 Å². The van der Waals surface area contributed by atoms with Crippen LogP contribution in [0.3, 0.4) is 0 Å². The maximum atomic E-state index is 15.0. The van der Waals surface area contributed by atoms with Gasteiger partial charge >= 0.3 is 0 Å². The van der Waals surface area contributed by atoms with Gasteiger partial charge in [0.25, 0.3) is 0 Å². The summed E-state index contributed by atoms with van der Waals surface area (Å²) in [5.74, 6) is 1.95. The van der Waals surface area contributed by atoms with E-state index in [0.717, 1.165) is 79.2 Å². The molecule has 36 nitrogen and oxygen atoms in total. The molecule has 0 bridgehead atoms. The Morgan fingerprint density at radius 1 is 0.566 bits per heavy atom. The molecule has 0 spiro atoms. The number of hydrogen-bond donors (Lipinski definition) is 15. The van der Waals surface area contributed by atoms with E-state index in [1.165, 1.54) is 22.7 Å². The Morgan fingerprint density at radius 3 is 1.87 bits per heavy atom. The fourth-order valence-electron chi connectivity index (χ4n) is 21.6. The van der Waals surface area contributed by atoms with E-state index in [0.29, 0.717) is 86.4 Å². The summed E-state index contributed by atoms with van der Waals surface area (Å²) in [5.41, 5.74) is 13.8. The molecular formula is C100H138N12O24. The van der Waals surface area contributed by atoms with Crippen molar-refractivity contribution in [2.45, 2.75) is 286 Å². The number of nitrogens with zero attached hydrogens (tertiary/aromatic N) is 4. The van der Waals surface area contributed by atoms with Crippen LogP contribution in [0.2, 0.25) is 0 Å². The highest BCUT2D eigenvalue weighted by Gasteiger charge is 2.60. The minimum atomic E-state index is -1.86. The maximum Gasteiger partial charge on any atom is 0.246 e. The normalized spacial score (nSPS) is 27.8. The van der Waals surface area contributed by atoms with Crippen molar-refractivity contribution in [3.63, 3.8) is 0 Å². The summed E-state index contributed by atoms with van der Waals surface area (Å²) in [5, 5.41) is 103. The number of para-hydroxylation sites is 1. The average Bonchev–Trinajstić information content (AvgIpc) is 0.753. The molecule has 4 heterocycles. The number of nitrogens with one attached hydrogen (secondary N) is 7. The summed E-state index contributed by atoms with van der Waals surface area (Å²) in [6, 6.07) is 23.6. The van der Waals surface area contributed by atoms with Crippen molar-refractivity contribution in [3.8, 4) is 11.8 Å². The van der Waals surface area contributed by atoms with Gasteiger partial charge in [-0.1, -0.05) is 127 Å². The van der Waals surface area contributed by atoms with Crippen molar-refractivity contribution in [2.75, 3.05) is 102 Å². The Kier molecular flexibility index (Phi) is 36.0. The van der Waals surface area contributed by atoms with Crippen molar-refractivity contribution in [2.24, 2.45) is 28.6 Å². The van der Waals surface area contributed by atoms with Gasteiger partial charge in [0.15, 0.2) is 12.5 Å². The van der Waals surface area contributed by atoms with Gasteiger partial charge < -0.3 is 116 Å². The number of unbranched alkanes of at least 4 members (excludes halogenated alkanes) is 1. The van der Waals surface area contributed by atoms with Crippen molar-refractivity contribution in [1.82, 2.24) is 46.9 Å². The van der Waals surface area contributed by atoms with Crippen LogP contribution in [0.25, 0.3) is 0 Å². The van der Waals surface area contributed by atoms with E-state index in [4.69, 9.17) is 43.6 Å². The summed E-state index contributed by atoms with van der Waals surface area (Å²) >= 11 is 0. The molecule has 3 aliphatic heterocycles. The first kappa shape index (κ1) is 104. The van der Waals surface area contributed by atoms with Gasteiger partial charge in [-0.2, -0.15) is 0 Å². The summed E-state index contributed by atoms with van der Waals surface area (Å²) in [6.45, 7) is 13.8. The van der Waals surface area contributed by atoms with Gasteiger partial charge in [-0.25, -0.2) is 4.68 Å². The molecule has 1 aromatic heterocycles. The summed E-state index contributed by atoms with van der Waals surface area (Å²) in [7, 11) is 0. The minimum absolute atomic E-state index is 0.00355. The van der Waals surface area contributed by atoms with Crippen molar-refractivity contribution in [3.05, 3.63) is 135 Å². The fourth-order valence-corrected chi connectivity index (χ4v) is 21.6. The van der Waals surface area contributed by atoms with E-state index in [-0.39, 0.29) is 139 Å². The average molecular weight is 1890 g/mol. The number of benzene rings is 4. The zero-order valence-electron chi connectivity index (χ0n) is 79.1. The molecule has 8 aliphatic rings. The predicted molar refractivity (Wildman–Crippen MR) is 497 cm³/mol. The van der Waals surface area contributed by atoms with Crippen LogP contribution < -0.4 is 47.9 Å². The van der Waals surface area contributed by atoms with Crippen LogP contribution in [0.4, 0.5) is 17.1 Å². The number of carbonyl (C=O) groups is 9. The number of amides is 9. The first-order valence-corrected chi connectivity index (χ1v) is 48.4. The second-order valence-corrected chi connectivity index (χ2v) is 38.8. The van der Waals surface area contributed by atoms with E-state index in [9.17, 15) is 74.1 Å². The predicted octanol–water partition coefficient (Wildman–Crippen LogP) is 4.55. The summed E-state index contributed by atoms with van der Waals surface area (Å²) < 4.78 is 47.5. The summed E-state index contributed by atoms with van der Waals surface area (Å²) in [6.07, 6.45) is -6.05. The van der Waals surface area contributed by atoms with Gasteiger partial charge in [0, 0.05) is 54.9 Å². The lowest BCUT2D eigenvalue weighted by Crippen LogP contribution is -2.63. The van der Waals surface area contributed by atoms with Gasteiger partial charge in [0.05, 0.1) is 94.8 Å². The third kappa shape index (κ3) is 24.4. The highest BCUT2D eigenvalue weighted by atomic mass is 16.7. The number of nitrogens with two attached hydrogens (primary N) is 1. The molecule has 5 aliphatic carbocycles. The molecule has 2 saturated carbocycles.